The third-order valence-electron chi connectivity index (χ3n) is 6.29. The molecule has 0 radical (unpaired) electrons. The molecule has 8 nitrogen and oxygen atoms in total. The van der Waals surface area contributed by atoms with Crippen LogP contribution < -0.4 is 4.74 Å². The van der Waals surface area contributed by atoms with Gasteiger partial charge in [0, 0.05) is 50.0 Å². The number of nitriles is 1. The lowest BCUT2D eigenvalue weighted by Crippen LogP contribution is -2.64. The largest absolute Gasteiger partial charge is 0.496 e. The maximum atomic E-state index is 13.1. The summed E-state index contributed by atoms with van der Waals surface area (Å²) in [6, 6.07) is 5.99. The van der Waals surface area contributed by atoms with Crippen molar-refractivity contribution in [3.8, 4) is 23.1 Å². The summed E-state index contributed by atoms with van der Waals surface area (Å²) in [5.74, 6) is 1.11. The molecule has 8 heteroatoms. The SMILES string of the molecule is COc1ccc(C(C)CN2CCN3CCN(C#N)C[C@@H]3C2=O)cc1-c1c[nH]nc1C. The van der Waals surface area contributed by atoms with Crippen LogP contribution in [0.5, 0.6) is 5.75 Å². The number of fused-ring (bicyclic) bond motifs is 1. The Labute approximate surface area is 177 Å². The summed E-state index contributed by atoms with van der Waals surface area (Å²) in [6.45, 7) is 8.35. The minimum atomic E-state index is -0.209. The van der Waals surface area contributed by atoms with E-state index in [2.05, 4.69) is 40.3 Å². The van der Waals surface area contributed by atoms with Gasteiger partial charge in [-0.2, -0.15) is 10.4 Å². The molecule has 2 fully saturated rings. The number of aromatic amines is 1. The van der Waals surface area contributed by atoms with Gasteiger partial charge < -0.3 is 14.5 Å². The van der Waals surface area contributed by atoms with Crippen LogP contribution in [-0.4, -0.2) is 83.2 Å². The zero-order valence-corrected chi connectivity index (χ0v) is 17.8. The van der Waals surface area contributed by atoms with Crippen molar-refractivity contribution < 1.29 is 9.53 Å². The standard InChI is InChI=1S/C22H28N6O2/c1-15(12-28-9-8-27-7-6-26(14-23)13-20(27)22(28)29)17-4-5-21(30-3)18(10-17)19-11-24-25-16(19)2/h4-5,10-11,15,20H,6-9,12-13H2,1-3H3,(H,24,25)/t15?,20-/m1/s1. The van der Waals surface area contributed by atoms with Crippen LogP contribution in [0.25, 0.3) is 11.1 Å². The second kappa shape index (κ2) is 8.36. The first-order chi connectivity index (χ1) is 14.5. The van der Waals surface area contributed by atoms with Crippen molar-refractivity contribution in [3.63, 3.8) is 0 Å². The molecule has 0 aliphatic carbocycles. The molecule has 0 saturated carbocycles. The maximum Gasteiger partial charge on any atom is 0.241 e. The number of piperazine rings is 2. The van der Waals surface area contributed by atoms with Crippen LogP contribution in [-0.2, 0) is 4.79 Å². The van der Waals surface area contributed by atoms with Crippen LogP contribution in [0.2, 0.25) is 0 Å². The van der Waals surface area contributed by atoms with Gasteiger partial charge in [0.15, 0.2) is 6.19 Å². The molecule has 30 heavy (non-hydrogen) atoms. The summed E-state index contributed by atoms with van der Waals surface area (Å²) >= 11 is 0. The first-order valence-electron chi connectivity index (χ1n) is 10.4. The third-order valence-corrected chi connectivity index (χ3v) is 6.29. The van der Waals surface area contributed by atoms with Gasteiger partial charge in [0.25, 0.3) is 0 Å². The average molecular weight is 409 g/mol. The first kappa shape index (κ1) is 20.2. The Morgan fingerprint density at radius 1 is 1.30 bits per heavy atom. The first-order valence-corrected chi connectivity index (χ1v) is 10.4. The lowest BCUT2D eigenvalue weighted by atomic mass is 9.94. The Bertz CT molecular complexity index is 965. The summed E-state index contributed by atoms with van der Waals surface area (Å²) < 4.78 is 5.56. The number of carbonyl (C=O) groups excluding carboxylic acids is 1. The predicted molar refractivity (Wildman–Crippen MR) is 113 cm³/mol. The molecule has 1 unspecified atom stereocenters. The topological polar surface area (TPSA) is 88.5 Å². The van der Waals surface area contributed by atoms with E-state index < -0.39 is 0 Å². The number of benzene rings is 1. The highest BCUT2D eigenvalue weighted by Crippen LogP contribution is 2.34. The lowest BCUT2D eigenvalue weighted by molar-refractivity contribution is -0.144. The van der Waals surface area contributed by atoms with E-state index in [1.54, 1.807) is 12.0 Å². The number of aryl methyl sites for hydroxylation is 1. The second-order valence-corrected chi connectivity index (χ2v) is 8.13. The van der Waals surface area contributed by atoms with Crippen molar-refractivity contribution >= 4 is 5.91 Å². The molecule has 2 aliphatic rings. The number of carbonyl (C=O) groups is 1. The van der Waals surface area contributed by atoms with Crippen molar-refractivity contribution in [3.05, 3.63) is 35.7 Å². The van der Waals surface area contributed by atoms with Crippen LogP contribution in [0, 0.1) is 18.4 Å². The molecule has 2 aliphatic heterocycles. The number of nitrogens with zero attached hydrogens (tertiary/aromatic N) is 5. The zero-order valence-electron chi connectivity index (χ0n) is 17.8. The molecule has 1 aromatic carbocycles. The molecule has 0 spiro atoms. The van der Waals surface area contributed by atoms with Gasteiger partial charge in [-0.05, 0) is 30.5 Å². The van der Waals surface area contributed by atoms with E-state index >= 15 is 0 Å². The Hall–Kier alpha value is -3.05. The molecule has 1 aromatic heterocycles. The van der Waals surface area contributed by atoms with Crippen LogP contribution in [0.15, 0.2) is 24.4 Å². The average Bonchev–Trinajstić information content (AvgIpc) is 3.20. The van der Waals surface area contributed by atoms with E-state index in [1.807, 2.05) is 24.1 Å². The Balaban J connectivity index is 1.51. The number of rotatable bonds is 5. The van der Waals surface area contributed by atoms with Gasteiger partial charge in [0.05, 0.1) is 19.3 Å². The van der Waals surface area contributed by atoms with E-state index in [4.69, 9.17) is 4.74 Å². The van der Waals surface area contributed by atoms with Gasteiger partial charge in [0.2, 0.25) is 5.91 Å². The number of amides is 1. The number of hydrogen-bond donors (Lipinski definition) is 1. The smallest absolute Gasteiger partial charge is 0.241 e. The van der Waals surface area contributed by atoms with Gasteiger partial charge in [-0.25, -0.2) is 0 Å². The normalized spacial score (nSPS) is 20.6. The van der Waals surface area contributed by atoms with E-state index in [-0.39, 0.29) is 17.9 Å². The number of hydrogen-bond acceptors (Lipinski definition) is 6. The number of nitrogens with one attached hydrogen (secondary N) is 1. The highest BCUT2D eigenvalue weighted by Gasteiger charge is 2.38. The molecular weight excluding hydrogens is 380 g/mol. The zero-order chi connectivity index (χ0) is 21.3. The van der Waals surface area contributed by atoms with Gasteiger partial charge in [-0.1, -0.05) is 13.0 Å². The minimum Gasteiger partial charge on any atom is -0.496 e. The third kappa shape index (κ3) is 3.73. The number of ether oxygens (including phenoxy) is 1. The van der Waals surface area contributed by atoms with Gasteiger partial charge >= 0.3 is 0 Å². The summed E-state index contributed by atoms with van der Waals surface area (Å²) in [7, 11) is 1.67. The highest BCUT2D eigenvalue weighted by atomic mass is 16.5. The molecule has 1 amide bonds. The number of H-pyrrole nitrogens is 1. The number of aromatic nitrogens is 2. The fourth-order valence-corrected chi connectivity index (χ4v) is 4.47. The highest BCUT2D eigenvalue weighted by molar-refractivity contribution is 5.83. The molecule has 2 aromatic rings. The van der Waals surface area contributed by atoms with Crippen LogP contribution >= 0.6 is 0 Å². The van der Waals surface area contributed by atoms with Crippen molar-refractivity contribution in [2.45, 2.75) is 25.8 Å². The molecule has 3 heterocycles. The summed E-state index contributed by atoms with van der Waals surface area (Å²) in [6.07, 6.45) is 4.07. The van der Waals surface area contributed by atoms with Crippen molar-refractivity contribution in [2.24, 2.45) is 0 Å². The molecule has 0 bridgehead atoms. The van der Waals surface area contributed by atoms with Gasteiger partial charge in [-0.15, -0.1) is 0 Å². The Morgan fingerprint density at radius 2 is 2.10 bits per heavy atom. The van der Waals surface area contributed by atoms with E-state index in [1.165, 1.54) is 0 Å². The van der Waals surface area contributed by atoms with E-state index in [9.17, 15) is 10.1 Å². The molecule has 2 saturated heterocycles. The Kier molecular flexibility index (Phi) is 5.64. The van der Waals surface area contributed by atoms with Crippen molar-refractivity contribution in [1.29, 1.82) is 5.26 Å². The fourth-order valence-electron chi connectivity index (χ4n) is 4.47. The molecule has 158 valence electrons. The summed E-state index contributed by atoms with van der Waals surface area (Å²) in [5, 5.41) is 16.4. The molecule has 2 atom stereocenters. The van der Waals surface area contributed by atoms with Gasteiger partial charge in [0.1, 0.15) is 11.8 Å². The quantitative estimate of drug-likeness (QED) is 0.759. The molecular formula is C22H28N6O2. The minimum absolute atomic E-state index is 0.132. The summed E-state index contributed by atoms with van der Waals surface area (Å²) in [5.41, 5.74) is 4.10. The summed E-state index contributed by atoms with van der Waals surface area (Å²) in [4.78, 5) is 19.0. The molecule has 4 rings (SSSR count). The Morgan fingerprint density at radius 3 is 2.80 bits per heavy atom. The monoisotopic (exact) mass is 408 g/mol. The fraction of sp³-hybridized carbons (Fsp3) is 0.500. The second-order valence-electron chi connectivity index (χ2n) is 8.13. The van der Waals surface area contributed by atoms with E-state index in [0.29, 0.717) is 19.6 Å². The van der Waals surface area contributed by atoms with Crippen LogP contribution in [0.4, 0.5) is 0 Å². The van der Waals surface area contributed by atoms with E-state index in [0.717, 1.165) is 47.8 Å². The predicted octanol–water partition coefficient (Wildman–Crippen LogP) is 1.81. The maximum absolute atomic E-state index is 13.1. The molecule has 1 N–H and O–H groups in total. The van der Waals surface area contributed by atoms with Crippen molar-refractivity contribution in [1.82, 2.24) is 24.9 Å². The van der Waals surface area contributed by atoms with Crippen LogP contribution in [0.1, 0.15) is 24.1 Å². The van der Waals surface area contributed by atoms with Crippen LogP contribution in [0.3, 0.4) is 0 Å². The van der Waals surface area contributed by atoms with Crippen molar-refractivity contribution in [2.75, 3.05) is 46.4 Å². The van der Waals surface area contributed by atoms with Gasteiger partial charge in [-0.3, -0.25) is 14.8 Å². The lowest BCUT2D eigenvalue weighted by Gasteiger charge is -2.45. The number of methoxy groups -OCH3 is 1.